The fraction of sp³-hybridized carbons (Fsp3) is 0.400. The lowest BCUT2D eigenvalue weighted by atomic mass is 10.2. The van der Waals surface area contributed by atoms with Crippen LogP contribution in [-0.2, 0) is 19.2 Å². The molecule has 0 bridgehead atoms. The Morgan fingerprint density at radius 1 is 1.19 bits per heavy atom. The van der Waals surface area contributed by atoms with Crippen molar-refractivity contribution in [2.45, 2.75) is 25.7 Å². The minimum atomic E-state index is -0.555. The molecule has 1 aliphatic rings. The molecule has 2 rings (SSSR count). The van der Waals surface area contributed by atoms with Gasteiger partial charge >= 0.3 is 5.97 Å². The van der Waals surface area contributed by atoms with Crippen LogP contribution in [-0.4, -0.2) is 36.4 Å². The van der Waals surface area contributed by atoms with Gasteiger partial charge in [-0.05, 0) is 18.6 Å². The Balaban J connectivity index is 1.72. The Labute approximate surface area is 123 Å². The molecule has 0 aliphatic carbocycles. The number of para-hydroxylation sites is 1. The summed E-state index contributed by atoms with van der Waals surface area (Å²) in [5.41, 5.74) is 1.07. The second-order valence-electron chi connectivity index (χ2n) is 4.91. The number of hydrogen-bond donors (Lipinski definition) is 0. The number of anilines is 1. The molecule has 6 nitrogen and oxygen atoms in total. The molecule has 0 unspecified atom stereocenters. The number of hydroxylamine groups is 2. The average molecular weight is 290 g/mol. The van der Waals surface area contributed by atoms with Crippen molar-refractivity contribution in [1.82, 2.24) is 5.06 Å². The Morgan fingerprint density at radius 3 is 2.43 bits per heavy atom. The van der Waals surface area contributed by atoms with Gasteiger partial charge in [0.2, 0.25) is 0 Å². The molecule has 21 heavy (non-hydrogen) atoms. The zero-order chi connectivity index (χ0) is 15.2. The normalized spacial score (nSPS) is 14.4. The van der Waals surface area contributed by atoms with E-state index in [1.54, 1.807) is 0 Å². The van der Waals surface area contributed by atoms with Crippen LogP contribution in [0.4, 0.5) is 5.69 Å². The van der Waals surface area contributed by atoms with E-state index in [1.165, 1.54) is 0 Å². The van der Waals surface area contributed by atoms with Crippen LogP contribution >= 0.6 is 0 Å². The summed E-state index contributed by atoms with van der Waals surface area (Å²) >= 11 is 0. The van der Waals surface area contributed by atoms with Crippen molar-refractivity contribution in [2.75, 3.05) is 18.5 Å². The predicted octanol–water partition coefficient (Wildman–Crippen LogP) is 1.51. The van der Waals surface area contributed by atoms with Gasteiger partial charge in [0.25, 0.3) is 11.8 Å². The van der Waals surface area contributed by atoms with Crippen molar-refractivity contribution in [3.63, 3.8) is 0 Å². The van der Waals surface area contributed by atoms with Crippen LogP contribution in [0.3, 0.4) is 0 Å². The Bertz CT molecular complexity index is 514. The summed E-state index contributed by atoms with van der Waals surface area (Å²) in [5, 5.41) is 0.587. The summed E-state index contributed by atoms with van der Waals surface area (Å²) in [6.07, 6.45) is 0.973. The standard InChI is InChI=1S/C15H18N2O4/c1-16(12-6-3-2-4-7-12)11-5-8-15(20)21-17-13(18)9-10-14(17)19/h2-4,6-7H,5,8-11H2,1H3. The van der Waals surface area contributed by atoms with Gasteiger partial charge in [0.05, 0.1) is 0 Å². The molecule has 112 valence electrons. The molecular formula is C15H18N2O4. The number of carbonyl (C=O) groups is 3. The number of amides is 2. The van der Waals surface area contributed by atoms with Gasteiger partial charge in [0.1, 0.15) is 0 Å². The zero-order valence-electron chi connectivity index (χ0n) is 11.9. The number of carbonyl (C=O) groups excluding carboxylic acids is 3. The van der Waals surface area contributed by atoms with Crippen molar-refractivity contribution in [3.05, 3.63) is 30.3 Å². The van der Waals surface area contributed by atoms with Crippen LogP contribution in [0, 0.1) is 0 Å². The first-order valence-electron chi connectivity index (χ1n) is 6.90. The topological polar surface area (TPSA) is 66.9 Å². The summed E-state index contributed by atoms with van der Waals surface area (Å²) in [6, 6.07) is 9.81. The number of nitrogens with zero attached hydrogens (tertiary/aromatic N) is 2. The molecule has 0 atom stereocenters. The molecule has 1 fully saturated rings. The predicted molar refractivity (Wildman–Crippen MR) is 76.1 cm³/mol. The van der Waals surface area contributed by atoms with Gasteiger partial charge in [-0.25, -0.2) is 4.79 Å². The van der Waals surface area contributed by atoms with Gasteiger partial charge in [-0.3, -0.25) is 9.59 Å². The van der Waals surface area contributed by atoms with Gasteiger partial charge in [-0.1, -0.05) is 18.2 Å². The highest BCUT2D eigenvalue weighted by Crippen LogP contribution is 2.14. The highest BCUT2D eigenvalue weighted by atomic mass is 16.7. The zero-order valence-corrected chi connectivity index (χ0v) is 11.9. The van der Waals surface area contributed by atoms with Crippen molar-refractivity contribution in [3.8, 4) is 0 Å². The SMILES string of the molecule is CN(CCCC(=O)ON1C(=O)CCC1=O)c1ccccc1. The minimum Gasteiger partial charge on any atom is -0.375 e. The maximum atomic E-state index is 11.6. The molecule has 1 aromatic carbocycles. The highest BCUT2D eigenvalue weighted by Gasteiger charge is 2.32. The van der Waals surface area contributed by atoms with E-state index < -0.39 is 17.8 Å². The number of hydrogen-bond acceptors (Lipinski definition) is 5. The van der Waals surface area contributed by atoms with E-state index in [0.29, 0.717) is 18.0 Å². The molecule has 1 aliphatic heterocycles. The number of benzene rings is 1. The van der Waals surface area contributed by atoms with E-state index in [0.717, 1.165) is 5.69 Å². The van der Waals surface area contributed by atoms with Gasteiger partial charge in [0.15, 0.2) is 0 Å². The molecule has 1 heterocycles. The Morgan fingerprint density at radius 2 is 1.81 bits per heavy atom. The lowest BCUT2D eigenvalue weighted by molar-refractivity contribution is -0.197. The van der Waals surface area contributed by atoms with Crippen LogP contribution < -0.4 is 4.90 Å². The second-order valence-corrected chi connectivity index (χ2v) is 4.91. The summed E-state index contributed by atoms with van der Waals surface area (Å²) < 4.78 is 0. The molecule has 0 radical (unpaired) electrons. The lowest BCUT2D eigenvalue weighted by Gasteiger charge is -2.19. The quantitative estimate of drug-likeness (QED) is 0.743. The van der Waals surface area contributed by atoms with Gasteiger partial charge in [0, 0.05) is 38.5 Å². The minimum absolute atomic E-state index is 0.114. The molecule has 6 heteroatoms. The lowest BCUT2D eigenvalue weighted by Crippen LogP contribution is -2.32. The third-order valence-electron chi connectivity index (χ3n) is 3.27. The molecule has 0 spiro atoms. The Hall–Kier alpha value is -2.37. The van der Waals surface area contributed by atoms with Crippen LogP contribution in [0.15, 0.2) is 30.3 Å². The van der Waals surface area contributed by atoms with Gasteiger partial charge in [-0.15, -0.1) is 5.06 Å². The maximum Gasteiger partial charge on any atom is 0.333 e. The average Bonchev–Trinajstić information content (AvgIpc) is 2.80. The summed E-state index contributed by atoms with van der Waals surface area (Å²) in [7, 11) is 1.94. The third kappa shape index (κ3) is 4.05. The number of rotatable bonds is 6. The van der Waals surface area contributed by atoms with E-state index in [-0.39, 0.29) is 19.3 Å². The van der Waals surface area contributed by atoms with Crippen molar-refractivity contribution >= 4 is 23.5 Å². The molecule has 0 aromatic heterocycles. The van der Waals surface area contributed by atoms with Crippen LogP contribution in [0.2, 0.25) is 0 Å². The van der Waals surface area contributed by atoms with Crippen LogP contribution in [0.1, 0.15) is 25.7 Å². The van der Waals surface area contributed by atoms with Crippen molar-refractivity contribution < 1.29 is 19.2 Å². The van der Waals surface area contributed by atoms with E-state index >= 15 is 0 Å². The summed E-state index contributed by atoms with van der Waals surface area (Å²) in [6.45, 7) is 0.682. The first kappa shape index (κ1) is 15.0. The first-order chi connectivity index (χ1) is 10.1. The maximum absolute atomic E-state index is 11.6. The van der Waals surface area contributed by atoms with Gasteiger partial charge in [-0.2, -0.15) is 0 Å². The highest BCUT2D eigenvalue weighted by molar-refractivity contribution is 6.01. The monoisotopic (exact) mass is 290 g/mol. The fourth-order valence-corrected chi connectivity index (χ4v) is 2.08. The fourth-order valence-electron chi connectivity index (χ4n) is 2.08. The van der Waals surface area contributed by atoms with Gasteiger partial charge < -0.3 is 9.74 Å². The van der Waals surface area contributed by atoms with Crippen LogP contribution in [0.5, 0.6) is 0 Å². The number of imide groups is 1. The van der Waals surface area contributed by atoms with E-state index in [2.05, 4.69) is 0 Å². The third-order valence-corrected chi connectivity index (χ3v) is 3.27. The first-order valence-corrected chi connectivity index (χ1v) is 6.90. The van der Waals surface area contributed by atoms with E-state index in [9.17, 15) is 14.4 Å². The molecule has 2 amide bonds. The molecular weight excluding hydrogens is 272 g/mol. The largest absolute Gasteiger partial charge is 0.375 e. The molecule has 1 aromatic rings. The smallest absolute Gasteiger partial charge is 0.333 e. The van der Waals surface area contributed by atoms with Crippen molar-refractivity contribution in [1.29, 1.82) is 0 Å². The van der Waals surface area contributed by atoms with E-state index in [4.69, 9.17) is 4.84 Å². The summed E-state index contributed by atoms with van der Waals surface area (Å²) in [4.78, 5) is 41.1. The van der Waals surface area contributed by atoms with Crippen LogP contribution in [0.25, 0.3) is 0 Å². The molecule has 0 N–H and O–H groups in total. The summed E-state index contributed by atoms with van der Waals surface area (Å²) in [5.74, 6) is -1.45. The molecule has 1 saturated heterocycles. The van der Waals surface area contributed by atoms with Crippen molar-refractivity contribution in [2.24, 2.45) is 0 Å². The van der Waals surface area contributed by atoms with E-state index in [1.807, 2.05) is 42.3 Å². The second kappa shape index (κ2) is 6.88. The molecule has 0 saturated carbocycles. The Kier molecular flexibility index (Phi) is 4.92.